The van der Waals surface area contributed by atoms with Crippen LogP contribution in [-0.4, -0.2) is 30.7 Å². The molecule has 0 saturated heterocycles. The van der Waals surface area contributed by atoms with Crippen molar-refractivity contribution in [3.63, 3.8) is 0 Å². The molecule has 0 spiro atoms. The SMILES string of the molecule is CCOc1cc(/C=N/NC(=O)C(NC(=O)c2cccc(Cl)c2)C(C)C)ccc1OCc1ccc(Cl)cc1Cl. The molecule has 0 aromatic heterocycles. The molecular weight excluding hydrogens is 549 g/mol. The van der Waals surface area contributed by atoms with E-state index in [2.05, 4.69) is 15.8 Å². The minimum absolute atomic E-state index is 0.177. The second-order valence-electron chi connectivity index (χ2n) is 8.60. The lowest BCUT2D eigenvalue weighted by Gasteiger charge is -2.20. The van der Waals surface area contributed by atoms with E-state index in [9.17, 15) is 9.59 Å². The van der Waals surface area contributed by atoms with E-state index >= 15 is 0 Å². The minimum atomic E-state index is -0.798. The number of halogens is 3. The summed E-state index contributed by atoms with van der Waals surface area (Å²) in [5.41, 5.74) is 4.32. The monoisotopic (exact) mass is 575 g/mol. The first kappa shape index (κ1) is 29.3. The molecule has 200 valence electrons. The Morgan fingerprint density at radius 1 is 0.947 bits per heavy atom. The van der Waals surface area contributed by atoms with Gasteiger partial charge in [-0.15, -0.1) is 0 Å². The first-order valence-corrected chi connectivity index (χ1v) is 13.0. The number of nitrogens with one attached hydrogen (secondary N) is 2. The highest BCUT2D eigenvalue weighted by molar-refractivity contribution is 6.35. The lowest BCUT2D eigenvalue weighted by molar-refractivity contribution is -0.123. The Morgan fingerprint density at radius 3 is 2.39 bits per heavy atom. The molecule has 7 nitrogen and oxygen atoms in total. The smallest absolute Gasteiger partial charge is 0.262 e. The average molecular weight is 577 g/mol. The predicted octanol–water partition coefficient (Wildman–Crippen LogP) is 6.53. The van der Waals surface area contributed by atoms with Gasteiger partial charge in [0.15, 0.2) is 11.5 Å². The molecule has 1 unspecified atom stereocenters. The highest BCUT2D eigenvalue weighted by Gasteiger charge is 2.24. The van der Waals surface area contributed by atoms with Crippen LogP contribution in [0.2, 0.25) is 15.1 Å². The number of benzene rings is 3. The van der Waals surface area contributed by atoms with Gasteiger partial charge in [-0.1, -0.05) is 60.8 Å². The van der Waals surface area contributed by atoms with Crippen molar-refractivity contribution in [3.05, 3.63) is 92.4 Å². The maximum Gasteiger partial charge on any atom is 0.262 e. The Labute approximate surface area is 237 Å². The fourth-order valence-corrected chi connectivity index (χ4v) is 4.07. The third kappa shape index (κ3) is 8.38. The Bertz CT molecular complexity index is 1310. The second-order valence-corrected chi connectivity index (χ2v) is 9.88. The lowest BCUT2D eigenvalue weighted by atomic mass is 10.0. The summed E-state index contributed by atoms with van der Waals surface area (Å²) < 4.78 is 11.6. The Hall–Kier alpha value is -3.26. The van der Waals surface area contributed by atoms with E-state index in [1.807, 2.05) is 20.8 Å². The van der Waals surface area contributed by atoms with Gasteiger partial charge >= 0.3 is 0 Å². The summed E-state index contributed by atoms with van der Waals surface area (Å²) in [6, 6.07) is 16.2. The molecule has 0 bridgehead atoms. The summed E-state index contributed by atoms with van der Waals surface area (Å²) in [5.74, 6) is 0.0199. The van der Waals surface area contributed by atoms with E-state index in [1.165, 1.54) is 12.3 Å². The summed E-state index contributed by atoms with van der Waals surface area (Å²) in [6.45, 7) is 6.19. The lowest BCUT2D eigenvalue weighted by Crippen LogP contribution is -2.48. The van der Waals surface area contributed by atoms with Crippen LogP contribution < -0.4 is 20.2 Å². The second kappa shape index (κ2) is 14.0. The molecule has 0 aliphatic heterocycles. The topological polar surface area (TPSA) is 89.0 Å². The normalized spacial score (nSPS) is 11.9. The van der Waals surface area contributed by atoms with Gasteiger partial charge in [-0.3, -0.25) is 9.59 Å². The molecule has 10 heteroatoms. The molecule has 0 heterocycles. The number of hydrazone groups is 1. The molecular formula is C28H28Cl3N3O4. The zero-order valence-electron chi connectivity index (χ0n) is 21.1. The predicted molar refractivity (Wildman–Crippen MR) is 152 cm³/mol. The molecule has 0 fully saturated rings. The van der Waals surface area contributed by atoms with Gasteiger partial charge in [0.2, 0.25) is 0 Å². The van der Waals surface area contributed by atoms with Gasteiger partial charge in [-0.25, -0.2) is 5.43 Å². The van der Waals surface area contributed by atoms with Crippen LogP contribution >= 0.6 is 34.8 Å². The summed E-state index contributed by atoms with van der Waals surface area (Å²) in [4.78, 5) is 25.4. The number of amides is 2. The number of carbonyl (C=O) groups is 2. The van der Waals surface area contributed by atoms with E-state index in [1.54, 1.807) is 54.6 Å². The number of hydrogen-bond donors (Lipinski definition) is 2. The third-order valence-electron chi connectivity index (χ3n) is 5.38. The standard InChI is InChI=1S/C28H28Cl3N3O4/c1-4-37-25-12-18(8-11-24(25)38-16-20-9-10-22(30)14-23(20)31)15-32-34-28(36)26(17(2)3)33-27(35)19-6-5-7-21(29)13-19/h5-15,17,26H,4,16H2,1-3H3,(H,33,35)(H,34,36)/b32-15+. The van der Waals surface area contributed by atoms with Crippen molar-refractivity contribution in [2.45, 2.75) is 33.4 Å². The van der Waals surface area contributed by atoms with Gasteiger partial charge in [0.25, 0.3) is 11.8 Å². The van der Waals surface area contributed by atoms with Crippen LogP contribution in [0.1, 0.15) is 42.3 Å². The molecule has 2 amide bonds. The van der Waals surface area contributed by atoms with E-state index in [4.69, 9.17) is 44.3 Å². The molecule has 1 atom stereocenters. The molecule has 0 aliphatic carbocycles. The van der Waals surface area contributed by atoms with Crippen molar-refractivity contribution in [1.29, 1.82) is 0 Å². The summed E-state index contributed by atoms with van der Waals surface area (Å²) >= 11 is 18.2. The highest BCUT2D eigenvalue weighted by Crippen LogP contribution is 2.30. The van der Waals surface area contributed by atoms with Gasteiger partial charge in [0.1, 0.15) is 12.6 Å². The molecule has 2 N–H and O–H groups in total. The van der Waals surface area contributed by atoms with Crippen LogP contribution in [0.5, 0.6) is 11.5 Å². The molecule has 3 rings (SSSR count). The third-order valence-corrected chi connectivity index (χ3v) is 6.20. The Morgan fingerprint density at radius 2 is 1.71 bits per heavy atom. The van der Waals surface area contributed by atoms with Crippen LogP contribution in [0.25, 0.3) is 0 Å². The maximum absolute atomic E-state index is 12.8. The van der Waals surface area contributed by atoms with Gasteiger partial charge in [-0.05, 0) is 66.9 Å². The van der Waals surface area contributed by atoms with E-state index in [0.29, 0.717) is 44.3 Å². The zero-order valence-corrected chi connectivity index (χ0v) is 23.4. The first-order valence-electron chi connectivity index (χ1n) is 11.9. The van der Waals surface area contributed by atoms with E-state index in [-0.39, 0.29) is 12.5 Å². The summed E-state index contributed by atoms with van der Waals surface area (Å²) in [6.07, 6.45) is 1.48. The fraction of sp³-hybridized carbons (Fsp3) is 0.250. The number of nitrogens with zero attached hydrogens (tertiary/aromatic N) is 1. The van der Waals surface area contributed by atoms with Gasteiger partial charge in [0, 0.05) is 26.2 Å². The van der Waals surface area contributed by atoms with Gasteiger partial charge in [-0.2, -0.15) is 5.10 Å². The number of carbonyl (C=O) groups excluding carboxylic acids is 2. The Balaban J connectivity index is 1.65. The van der Waals surface area contributed by atoms with Crippen molar-refractivity contribution >= 4 is 52.8 Å². The van der Waals surface area contributed by atoms with Crippen LogP contribution in [-0.2, 0) is 11.4 Å². The Kier molecular flexibility index (Phi) is 10.8. The van der Waals surface area contributed by atoms with Gasteiger partial charge < -0.3 is 14.8 Å². The van der Waals surface area contributed by atoms with Crippen molar-refractivity contribution in [2.24, 2.45) is 11.0 Å². The maximum atomic E-state index is 12.8. The first-order chi connectivity index (χ1) is 18.2. The van der Waals surface area contributed by atoms with E-state index in [0.717, 1.165) is 5.56 Å². The van der Waals surface area contributed by atoms with Crippen molar-refractivity contribution in [3.8, 4) is 11.5 Å². The van der Waals surface area contributed by atoms with Crippen LogP contribution in [0.15, 0.2) is 65.8 Å². The average Bonchev–Trinajstić information content (AvgIpc) is 2.87. The molecule has 3 aromatic rings. The summed E-state index contributed by atoms with van der Waals surface area (Å²) in [5, 5.41) is 8.30. The fourth-order valence-electron chi connectivity index (χ4n) is 3.42. The number of hydrogen-bond acceptors (Lipinski definition) is 5. The van der Waals surface area contributed by atoms with Crippen LogP contribution in [0.4, 0.5) is 0 Å². The quantitative estimate of drug-likeness (QED) is 0.201. The number of ether oxygens (including phenoxy) is 2. The van der Waals surface area contributed by atoms with Crippen molar-refractivity contribution in [2.75, 3.05) is 6.61 Å². The van der Waals surface area contributed by atoms with Gasteiger partial charge in [0.05, 0.1) is 12.8 Å². The molecule has 0 radical (unpaired) electrons. The van der Waals surface area contributed by atoms with Crippen molar-refractivity contribution < 1.29 is 19.1 Å². The number of rotatable bonds is 11. The van der Waals surface area contributed by atoms with Crippen molar-refractivity contribution in [1.82, 2.24) is 10.7 Å². The van der Waals surface area contributed by atoms with Crippen LogP contribution in [0, 0.1) is 5.92 Å². The van der Waals surface area contributed by atoms with Crippen LogP contribution in [0.3, 0.4) is 0 Å². The zero-order chi connectivity index (χ0) is 27.7. The van der Waals surface area contributed by atoms with E-state index < -0.39 is 17.9 Å². The highest BCUT2D eigenvalue weighted by atomic mass is 35.5. The molecule has 3 aromatic carbocycles. The minimum Gasteiger partial charge on any atom is -0.490 e. The molecule has 0 saturated carbocycles. The summed E-state index contributed by atoms with van der Waals surface area (Å²) in [7, 11) is 0. The molecule has 38 heavy (non-hydrogen) atoms. The molecule has 0 aliphatic rings. The largest absolute Gasteiger partial charge is 0.490 e.